The molecule has 6 atom stereocenters. The molecule has 1 N–H and O–H groups in total. The number of aliphatic hydroxyl groups is 1. The molecule has 3 heteroatoms. The van der Waals surface area contributed by atoms with Crippen molar-refractivity contribution in [3.05, 3.63) is 11.6 Å². The summed E-state index contributed by atoms with van der Waals surface area (Å²) in [6.07, 6.45) is 5.63. The molecule has 3 aliphatic carbocycles. The molecule has 2 fully saturated rings. The summed E-state index contributed by atoms with van der Waals surface area (Å²) in [6.45, 7) is 8.35. The molecule has 0 aromatic carbocycles. The van der Waals surface area contributed by atoms with Crippen molar-refractivity contribution in [2.75, 3.05) is 0 Å². The van der Waals surface area contributed by atoms with Gasteiger partial charge in [-0.05, 0) is 68.8 Å². The van der Waals surface area contributed by atoms with E-state index in [1.807, 2.05) is 13.0 Å². The molecule has 0 aromatic rings. The molecule has 22 heavy (non-hydrogen) atoms. The van der Waals surface area contributed by atoms with Crippen LogP contribution in [-0.4, -0.2) is 16.5 Å². The second-order valence-corrected chi connectivity index (χ2v) is 8.55. The van der Waals surface area contributed by atoms with Crippen molar-refractivity contribution in [1.29, 1.82) is 5.26 Å². The van der Waals surface area contributed by atoms with Crippen molar-refractivity contribution in [3.8, 4) is 6.07 Å². The maximum atomic E-state index is 12.8. The number of hydrogen-bond acceptors (Lipinski definition) is 3. The third kappa shape index (κ3) is 1.86. The zero-order valence-electron chi connectivity index (χ0n) is 14.1. The second kappa shape index (κ2) is 4.68. The summed E-state index contributed by atoms with van der Waals surface area (Å²) >= 11 is 0. The zero-order valence-corrected chi connectivity index (χ0v) is 14.1. The third-order valence-corrected chi connectivity index (χ3v) is 7.12. The van der Waals surface area contributed by atoms with Gasteiger partial charge in [-0.2, -0.15) is 5.26 Å². The fourth-order valence-corrected chi connectivity index (χ4v) is 6.25. The van der Waals surface area contributed by atoms with E-state index >= 15 is 0 Å². The van der Waals surface area contributed by atoms with Crippen LogP contribution in [0.2, 0.25) is 0 Å². The summed E-state index contributed by atoms with van der Waals surface area (Å²) in [6, 6.07) is 2.22. The topological polar surface area (TPSA) is 61.1 Å². The Hall–Kier alpha value is -1.14. The van der Waals surface area contributed by atoms with Gasteiger partial charge in [0.1, 0.15) is 0 Å². The van der Waals surface area contributed by atoms with Crippen molar-refractivity contribution in [3.63, 3.8) is 0 Å². The summed E-state index contributed by atoms with van der Waals surface area (Å²) in [4.78, 5) is 12.8. The Morgan fingerprint density at radius 2 is 2.14 bits per heavy atom. The molecule has 2 bridgehead atoms. The maximum absolute atomic E-state index is 12.8. The summed E-state index contributed by atoms with van der Waals surface area (Å²) in [5.74, 6) is 1.17. The van der Waals surface area contributed by atoms with E-state index < -0.39 is 11.0 Å². The highest BCUT2D eigenvalue weighted by molar-refractivity contribution is 5.97. The van der Waals surface area contributed by atoms with Crippen LogP contribution in [0.1, 0.15) is 59.8 Å². The molecular weight excluding hydrogens is 274 g/mol. The van der Waals surface area contributed by atoms with Gasteiger partial charge in [0, 0.05) is 11.8 Å². The molecule has 0 saturated heterocycles. The third-order valence-electron chi connectivity index (χ3n) is 7.12. The van der Waals surface area contributed by atoms with E-state index in [2.05, 4.69) is 26.8 Å². The molecule has 0 aromatic heterocycles. The molecule has 1 spiro atoms. The lowest BCUT2D eigenvalue weighted by Gasteiger charge is -2.55. The molecule has 120 valence electrons. The van der Waals surface area contributed by atoms with Crippen LogP contribution in [0.3, 0.4) is 0 Å². The monoisotopic (exact) mass is 301 g/mol. The number of allylic oxidation sites excluding steroid dienone is 2. The van der Waals surface area contributed by atoms with Crippen molar-refractivity contribution in [1.82, 2.24) is 0 Å². The molecule has 0 radical (unpaired) electrons. The zero-order chi connectivity index (χ0) is 16.3. The number of hydrogen-bond donors (Lipinski definition) is 1. The molecule has 2 saturated carbocycles. The number of rotatable bonds is 2. The van der Waals surface area contributed by atoms with Gasteiger partial charge in [0.05, 0.1) is 11.7 Å². The van der Waals surface area contributed by atoms with Gasteiger partial charge in [0.2, 0.25) is 0 Å². The minimum atomic E-state index is -0.630. The van der Waals surface area contributed by atoms with Gasteiger partial charge < -0.3 is 5.11 Å². The molecule has 0 aliphatic heterocycles. The lowest BCUT2D eigenvalue weighted by Crippen LogP contribution is -2.53. The number of carbonyl (C=O) groups excluding carboxylic acids is 1. The molecule has 3 rings (SSSR count). The average molecular weight is 301 g/mol. The van der Waals surface area contributed by atoms with Crippen LogP contribution in [0, 0.1) is 39.9 Å². The second-order valence-electron chi connectivity index (χ2n) is 8.55. The molecular formula is C19H27NO2. The Morgan fingerprint density at radius 3 is 2.77 bits per heavy atom. The Bertz CT molecular complexity index is 585. The largest absolute Gasteiger partial charge is 0.390 e. The lowest BCUT2D eigenvalue weighted by molar-refractivity contribution is -0.136. The predicted molar refractivity (Wildman–Crippen MR) is 84.8 cm³/mol. The van der Waals surface area contributed by atoms with Gasteiger partial charge in [0.25, 0.3) is 0 Å². The Kier molecular flexibility index (Phi) is 3.35. The van der Waals surface area contributed by atoms with Crippen molar-refractivity contribution >= 4 is 5.78 Å². The quantitative estimate of drug-likeness (QED) is 0.847. The summed E-state index contributed by atoms with van der Waals surface area (Å²) in [5.41, 5.74) is 0.0183. The van der Waals surface area contributed by atoms with Crippen LogP contribution in [-0.2, 0) is 4.79 Å². The van der Waals surface area contributed by atoms with E-state index in [4.69, 9.17) is 5.26 Å². The van der Waals surface area contributed by atoms with E-state index in [9.17, 15) is 9.90 Å². The minimum Gasteiger partial charge on any atom is -0.390 e. The first kappa shape index (κ1) is 15.7. The molecule has 3 nitrogen and oxygen atoms in total. The van der Waals surface area contributed by atoms with Crippen LogP contribution in [0.4, 0.5) is 0 Å². The van der Waals surface area contributed by atoms with E-state index in [1.54, 1.807) is 0 Å². The highest BCUT2D eigenvalue weighted by Gasteiger charge is 2.66. The van der Waals surface area contributed by atoms with Gasteiger partial charge in [-0.25, -0.2) is 0 Å². The van der Waals surface area contributed by atoms with Crippen molar-refractivity contribution in [2.45, 2.75) is 65.4 Å². The standard InChI is InChI=1S/C19H27NO2/c1-12-8-14-10-19(11-18(14,4)22)13(2)9-15(21)17(3,16(12)19)6-5-7-20/h9,12,14,16,22H,5-6,8,10-11H2,1-4H3/t12?,14?,16?,17-,18?,19?/m1/s1. The number of carbonyl (C=O) groups is 1. The van der Waals surface area contributed by atoms with Crippen LogP contribution < -0.4 is 0 Å². The predicted octanol–water partition coefficient (Wildman–Crippen LogP) is 3.63. The SMILES string of the molecule is CC1=CC(=O)[C@@](C)(CCC#N)C2C(C)CC3CC12CC3(C)O. The first-order chi connectivity index (χ1) is 10.2. The van der Waals surface area contributed by atoms with Gasteiger partial charge in [0.15, 0.2) is 5.78 Å². The van der Waals surface area contributed by atoms with E-state index in [-0.39, 0.29) is 17.1 Å². The van der Waals surface area contributed by atoms with Crippen LogP contribution in [0.5, 0.6) is 0 Å². The summed E-state index contributed by atoms with van der Waals surface area (Å²) in [5, 5.41) is 19.9. The molecule has 0 heterocycles. The highest BCUT2D eigenvalue weighted by atomic mass is 16.3. The van der Waals surface area contributed by atoms with E-state index in [0.717, 1.165) is 24.8 Å². The average Bonchev–Trinajstić information content (AvgIpc) is 2.62. The Labute approximate surface area is 133 Å². The van der Waals surface area contributed by atoms with Gasteiger partial charge in [-0.15, -0.1) is 0 Å². The maximum Gasteiger partial charge on any atom is 0.161 e. The summed E-state index contributed by atoms with van der Waals surface area (Å²) in [7, 11) is 0. The van der Waals surface area contributed by atoms with E-state index in [1.165, 1.54) is 0 Å². The molecule has 0 amide bonds. The smallest absolute Gasteiger partial charge is 0.161 e. The number of nitriles is 1. The number of fused-ring (bicyclic) bond motifs is 1. The lowest BCUT2D eigenvalue weighted by atomic mass is 9.47. The van der Waals surface area contributed by atoms with Crippen molar-refractivity contribution < 1.29 is 9.90 Å². The van der Waals surface area contributed by atoms with E-state index in [0.29, 0.717) is 24.7 Å². The van der Waals surface area contributed by atoms with Crippen LogP contribution in [0.25, 0.3) is 0 Å². The normalized spacial score (nSPS) is 50.3. The molecule has 5 unspecified atom stereocenters. The van der Waals surface area contributed by atoms with Gasteiger partial charge in [-0.3, -0.25) is 4.79 Å². The van der Waals surface area contributed by atoms with Gasteiger partial charge >= 0.3 is 0 Å². The molecule has 3 aliphatic rings. The van der Waals surface area contributed by atoms with Crippen LogP contribution in [0.15, 0.2) is 11.6 Å². The Balaban J connectivity index is 2.13. The van der Waals surface area contributed by atoms with Crippen molar-refractivity contribution in [2.24, 2.45) is 28.6 Å². The van der Waals surface area contributed by atoms with Crippen LogP contribution >= 0.6 is 0 Å². The summed E-state index contributed by atoms with van der Waals surface area (Å²) < 4.78 is 0. The minimum absolute atomic E-state index is 0.0516. The number of ketones is 1. The Morgan fingerprint density at radius 1 is 1.45 bits per heavy atom. The fraction of sp³-hybridized carbons (Fsp3) is 0.789. The number of nitrogens with zero attached hydrogens (tertiary/aromatic N) is 1. The first-order valence-corrected chi connectivity index (χ1v) is 8.50. The fourth-order valence-electron chi connectivity index (χ4n) is 6.25. The first-order valence-electron chi connectivity index (χ1n) is 8.50. The highest BCUT2D eigenvalue weighted by Crippen LogP contribution is 2.69. The van der Waals surface area contributed by atoms with Gasteiger partial charge in [-0.1, -0.05) is 19.4 Å².